The van der Waals surface area contributed by atoms with Crippen molar-refractivity contribution in [2.75, 3.05) is 0 Å². The van der Waals surface area contributed by atoms with Gasteiger partial charge in [0.25, 0.3) is 0 Å². The summed E-state index contributed by atoms with van der Waals surface area (Å²) in [6.07, 6.45) is 1.25. The molecule has 0 aliphatic heterocycles. The minimum atomic E-state index is -0.0626. The van der Waals surface area contributed by atoms with E-state index in [9.17, 15) is 4.79 Å². The van der Waals surface area contributed by atoms with Gasteiger partial charge in [-0.2, -0.15) is 0 Å². The molecular weight excluding hydrogens is 232 g/mol. The first-order chi connectivity index (χ1) is 9.20. The van der Waals surface area contributed by atoms with E-state index in [2.05, 4.69) is 38.1 Å². The summed E-state index contributed by atoms with van der Waals surface area (Å²) in [5, 5.41) is 0. The van der Waals surface area contributed by atoms with Gasteiger partial charge >= 0.3 is 0 Å². The second-order valence-electron chi connectivity index (χ2n) is 4.93. The van der Waals surface area contributed by atoms with Crippen LogP contribution < -0.4 is 0 Å². The lowest BCUT2D eigenvalue weighted by Crippen LogP contribution is -2.06. The first kappa shape index (κ1) is 13.5. The summed E-state index contributed by atoms with van der Waals surface area (Å²) in [4.78, 5) is 11.8. The molecule has 1 nitrogen and oxygen atoms in total. The van der Waals surface area contributed by atoms with E-state index in [1.54, 1.807) is 6.92 Å². The van der Waals surface area contributed by atoms with Crippen LogP contribution in [0.15, 0.2) is 48.5 Å². The van der Waals surface area contributed by atoms with Crippen LogP contribution in [0.4, 0.5) is 0 Å². The highest BCUT2D eigenvalue weighted by atomic mass is 16.1. The summed E-state index contributed by atoms with van der Waals surface area (Å²) in [7, 11) is 0. The molecule has 0 atom stereocenters. The minimum Gasteiger partial charge on any atom is -0.299 e. The zero-order chi connectivity index (χ0) is 13.8. The van der Waals surface area contributed by atoms with Gasteiger partial charge in [0.05, 0.1) is 5.92 Å². The molecule has 0 amide bonds. The van der Waals surface area contributed by atoms with Crippen molar-refractivity contribution in [2.45, 2.75) is 33.1 Å². The van der Waals surface area contributed by atoms with Crippen molar-refractivity contribution >= 4 is 5.78 Å². The van der Waals surface area contributed by atoms with E-state index in [-0.39, 0.29) is 11.7 Å². The van der Waals surface area contributed by atoms with Crippen molar-refractivity contribution in [1.82, 2.24) is 0 Å². The van der Waals surface area contributed by atoms with Crippen molar-refractivity contribution in [3.05, 3.63) is 59.7 Å². The zero-order valence-corrected chi connectivity index (χ0v) is 11.8. The lowest BCUT2D eigenvalue weighted by molar-refractivity contribution is -0.117. The van der Waals surface area contributed by atoms with Gasteiger partial charge in [-0.15, -0.1) is 0 Å². The van der Waals surface area contributed by atoms with Gasteiger partial charge in [0, 0.05) is 0 Å². The van der Waals surface area contributed by atoms with Crippen molar-refractivity contribution in [1.29, 1.82) is 0 Å². The second kappa shape index (κ2) is 5.83. The lowest BCUT2D eigenvalue weighted by atomic mass is 9.93. The Hall–Kier alpha value is -1.89. The molecule has 1 aliphatic carbocycles. The van der Waals surface area contributed by atoms with Crippen molar-refractivity contribution in [3.63, 3.8) is 0 Å². The van der Waals surface area contributed by atoms with Crippen LogP contribution >= 0.6 is 0 Å². The maximum Gasteiger partial charge on any atom is 0.141 e. The van der Waals surface area contributed by atoms with Crippen molar-refractivity contribution < 1.29 is 4.79 Å². The van der Waals surface area contributed by atoms with Crippen LogP contribution in [0, 0.1) is 0 Å². The van der Waals surface area contributed by atoms with Gasteiger partial charge in [-0.25, -0.2) is 0 Å². The molecule has 98 valence electrons. The number of fused-ring (bicyclic) bond motifs is 3. The van der Waals surface area contributed by atoms with Gasteiger partial charge in [-0.1, -0.05) is 68.8 Å². The molecule has 1 heteroatoms. The first-order valence-electron chi connectivity index (χ1n) is 6.89. The first-order valence-corrected chi connectivity index (χ1v) is 6.89. The van der Waals surface area contributed by atoms with Crippen LogP contribution in [-0.4, -0.2) is 5.78 Å². The molecule has 19 heavy (non-hydrogen) atoms. The summed E-state index contributed by atoms with van der Waals surface area (Å²) in [5.41, 5.74) is 4.71. The smallest absolute Gasteiger partial charge is 0.141 e. The summed E-state index contributed by atoms with van der Waals surface area (Å²) in [6, 6.07) is 16.4. The molecule has 2 aromatic rings. The summed E-state index contributed by atoms with van der Waals surface area (Å²) >= 11 is 0. The predicted octanol–water partition coefficient (Wildman–Crippen LogP) is 4.80. The van der Waals surface area contributed by atoms with Crippen molar-refractivity contribution in [3.8, 4) is 11.1 Å². The maximum absolute atomic E-state index is 11.8. The predicted molar refractivity (Wildman–Crippen MR) is 80.4 cm³/mol. The Morgan fingerprint density at radius 3 is 1.63 bits per heavy atom. The van der Waals surface area contributed by atoms with Gasteiger partial charge < -0.3 is 0 Å². The highest BCUT2D eigenvalue weighted by Gasteiger charge is 2.30. The number of Topliss-reactive ketones (excluding diaryl/α,β-unsaturated/α-hetero) is 1. The van der Waals surface area contributed by atoms with E-state index in [1.807, 2.05) is 24.3 Å². The third-order valence-electron chi connectivity index (χ3n) is 3.24. The van der Waals surface area contributed by atoms with Crippen LogP contribution in [0.25, 0.3) is 11.1 Å². The summed E-state index contributed by atoms with van der Waals surface area (Å²) in [6.45, 7) is 5.92. The molecule has 0 bridgehead atoms. The third-order valence-corrected chi connectivity index (χ3v) is 3.24. The average Bonchev–Trinajstić information content (AvgIpc) is 2.74. The van der Waals surface area contributed by atoms with Crippen LogP contribution in [-0.2, 0) is 4.79 Å². The number of ketones is 1. The highest BCUT2D eigenvalue weighted by molar-refractivity contribution is 5.96. The molecule has 0 spiro atoms. The lowest BCUT2D eigenvalue weighted by Gasteiger charge is -2.08. The fraction of sp³-hybridized carbons (Fsp3) is 0.278. The summed E-state index contributed by atoms with van der Waals surface area (Å²) < 4.78 is 0. The van der Waals surface area contributed by atoms with Gasteiger partial charge in [-0.05, 0) is 29.2 Å². The van der Waals surface area contributed by atoms with Crippen LogP contribution in [0.3, 0.4) is 0 Å². The Labute approximate surface area is 115 Å². The number of benzene rings is 2. The van der Waals surface area contributed by atoms with E-state index >= 15 is 0 Å². The Kier molecular flexibility index (Phi) is 4.16. The fourth-order valence-corrected chi connectivity index (χ4v) is 2.59. The number of rotatable bonds is 1. The Bertz CT molecular complexity index is 538. The van der Waals surface area contributed by atoms with Gasteiger partial charge in [0.2, 0.25) is 0 Å². The molecule has 0 saturated heterocycles. The quantitative estimate of drug-likeness (QED) is 0.712. The van der Waals surface area contributed by atoms with E-state index in [1.165, 1.54) is 17.5 Å². The fourth-order valence-electron chi connectivity index (χ4n) is 2.59. The van der Waals surface area contributed by atoms with Crippen LogP contribution in [0.2, 0.25) is 0 Å². The van der Waals surface area contributed by atoms with E-state index in [4.69, 9.17) is 0 Å². The second-order valence-corrected chi connectivity index (χ2v) is 4.93. The molecule has 0 fully saturated rings. The van der Waals surface area contributed by atoms with Crippen LogP contribution in [0.1, 0.15) is 44.2 Å². The normalized spacial score (nSPS) is 12.2. The van der Waals surface area contributed by atoms with Gasteiger partial charge in [-0.3, -0.25) is 4.79 Å². The number of carbonyl (C=O) groups is 1. The molecule has 0 saturated carbocycles. The molecular formula is C18H20O. The van der Waals surface area contributed by atoms with Crippen molar-refractivity contribution in [2.24, 2.45) is 0 Å². The molecule has 2 aromatic carbocycles. The van der Waals surface area contributed by atoms with E-state index in [0.29, 0.717) is 0 Å². The minimum absolute atomic E-state index is 0.0626. The molecule has 3 rings (SSSR count). The van der Waals surface area contributed by atoms with E-state index < -0.39 is 0 Å². The average molecular weight is 252 g/mol. The molecule has 0 heterocycles. The SMILES string of the molecule is CC(=O)C1c2ccccc2-c2ccccc21.CCC. The number of hydrogen-bond acceptors (Lipinski definition) is 1. The molecule has 0 aromatic heterocycles. The molecule has 1 aliphatic rings. The maximum atomic E-state index is 11.8. The standard InChI is InChI=1S/C15H12O.C3H8/c1-10(16)15-13-8-4-2-6-11(13)12-7-3-5-9-14(12)15;1-3-2/h2-9,15H,1H3;3H2,1-2H3. The van der Waals surface area contributed by atoms with Crippen LogP contribution in [0.5, 0.6) is 0 Å². The Morgan fingerprint density at radius 1 is 0.895 bits per heavy atom. The number of hydrogen-bond donors (Lipinski definition) is 0. The monoisotopic (exact) mass is 252 g/mol. The third kappa shape index (κ3) is 2.46. The van der Waals surface area contributed by atoms with Gasteiger partial charge in [0.15, 0.2) is 0 Å². The number of carbonyl (C=O) groups excluding carboxylic acids is 1. The zero-order valence-electron chi connectivity index (χ0n) is 11.8. The topological polar surface area (TPSA) is 17.1 Å². The van der Waals surface area contributed by atoms with E-state index in [0.717, 1.165) is 11.1 Å². The Balaban J connectivity index is 0.000000408. The molecule has 0 N–H and O–H groups in total. The largest absolute Gasteiger partial charge is 0.299 e. The Morgan fingerprint density at radius 2 is 1.26 bits per heavy atom. The summed E-state index contributed by atoms with van der Waals surface area (Å²) in [5.74, 6) is 0.157. The highest BCUT2D eigenvalue weighted by Crippen LogP contribution is 2.44. The van der Waals surface area contributed by atoms with Gasteiger partial charge in [0.1, 0.15) is 5.78 Å². The molecule has 0 unspecified atom stereocenters. The molecule has 0 radical (unpaired) electrons.